The molecule has 37 heavy (non-hydrogen) atoms. The molecule has 7 nitrogen and oxygen atoms in total. The Balaban J connectivity index is 0.00000320. The largest absolute Gasteiger partial charge is 0.465 e. The first kappa shape index (κ1) is 27.0. The molecule has 0 spiro atoms. The lowest BCUT2D eigenvalue weighted by Crippen LogP contribution is -2.65. The maximum absolute atomic E-state index is 13.7. The summed E-state index contributed by atoms with van der Waals surface area (Å²) in [5, 5.41) is 6.96. The maximum atomic E-state index is 13.7. The summed E-state index contributed by atoms with van der Waals surface area (Å²) in [7, 11) is 1.33. The number of ether oxygens (including phenoxy) is 2. The Morgan fingerprint density at radius 2 is 1.78 bits per heavy atom. The first-order valence-corrected chi connectivity index (χ1v) is 13.8. The number of hydrogen-bond donors (Lipinski definition) is 1. The molecule has 6 rings (SSSR count). The number of rotatable bonds is 9. The molecule has 3 fully saturated rings. The first-order chi connectivity index (χ1) is 17.5. The zero-order valence-electron chi connectivity index (χ0n) is 20.1. The monoisotopic (exact) mass is 541 g/mol. The van der Waals surface area contributed by atoms with Crippen molar-refractivity contribution in [2.45, 2.75) is 32.4 Å². The van der Waals surface area contributed by atoms with E-state index in [-0.39, 0.29) is 25.2 Å². The summed E-state index contributed by atoms with van der Waals surface area (Å²) in [6.07, 6.45) is 1.59. The van der Waals surface area contributed by atoms with Gasteiger partial charge in [0, 0.05) is 30.0 Å². The normalized spacial score (nSPS) is 22.9. The van der Waals surface area contributed by atoms with E-state index in [1.165, 1.54) is 29.8 Å². The molecule has 0 radical (unpaired) electrons. The molecule has 2 atom stereocenters. The molecule has 5 heterocycles. The van der Waals surface area contributed by atoms with Crippen molar-refractivity contribution >= 4 is 46.1 Å². The van der Waals surface area contributed by atoms with Crippen LogP contribution >= 0.6 is 22.7 Å². The van der Waals surface area contributed by atoms with Gasteiger partial charge in [0.05, 0.1) is 25.1 Å². The van der Waals surface area contributed by atoms with Crippen molar-refractivity contribution in [3.63, 3.8) is 0 Å². The average Bonchev–Trinajstić information content (AvgIpc) is 3.61. The number of thiophene rings is 2. The Hall–Kier alpha value is -3.01. The predicted molar refractivity (Wildman–Crippen MR) is 146 cm³/mol. The molecule has 3 saturated heterocycles. The summed E-state index contributed by atoms with van der Waals surface area (Å²) in [4.78, 5) is 40.1. The SMILES string of the molecule is C.COC(=O)c1sccc1[C@@H](Nc1ccccc1)C(=O)O[C@H]1C[N+]2(CC(=O)c3cccs3)CCC1CC2. The number of carbonyl (C=O) groups is 3. The Kier molecular flexibility index (Phi) is 8.46. The van der Waals surface area contributed by atoms with Gasteiger partial charge in [-0.25, -0.2) is 9.59 Å². The number of esters is 2. The van der Waals surface area contributed by atoms with Crippen molar-refractivity contribution in [3.05, 3.63) is 74.6 Å². The highest BCUT2D eigenvalue weighted by molar-refractivity contribution is 7.12. The van der Waals surface area contributed by atoms with Crippen LogP contribution in [-0.2, 0) is 14.3 Å². The molecular weight excluding hydrogens is 508 g/mol. The Morgan fingerprint density at radius 3 is 2.46 bits per heavy atom. The number of benzene rings is 1. The van der Waals surface area contributed by atoms with E-state index in [9.17, 15) is 14.4 Å². The van der Waals surface area contributed by atoms with Crippen LogP contribution in [0.4, 0.5) is 5.69 Å². The molecule has 1 N–H and O–H groups in total. The highest BCUT2D eigenvalue weighted by Crippen LogP contribution is 2.37. The number of quaternary nitrogens is 1. The van der Waals surface area contributed by atoms with Gasteiger partial charge in [-0.1, -0.05) is 31.7 Å². The van der Waals surface area contributed by atoms with Crippen molar-refractivity contribution in [2.24, 2.45) is 5.92 Å². The van der Waals surface area contributed by atoms with Crippen molar-refractivity contribution < 1.29 is 28.3 Å². The highest BCUT2D eigenvalue weighted by Gasteiger charge is 2.49. The number of hydrogen-bond acceptors (Lipinski definition) is 8. The lowest BCUT2D eigenvalue weighted by atomic mass is 9.83. The highest BCUT2D eigenvalue weighted by atomic mass is 32.1. The number of anilines is 1. The number of nitrogens with zero attached hydrogens (tertiary/aromatic N) is 1. The standard InChI is InChI=1S/C27H29N2O5S2.CH4/c1-33-27(32)25-20(11-15-36-25)24(28-19-6-3-2-4-7-19)26(31)34-22-17-29(12-9-18(22)10-13-29)16-21(30)23-8-5-14-35-23;/h2-8,11,14-15,18,22,24,28H,9-10,12-13,16-17H2,1H3;1H4/q+1;/t18?,22-,24+,29?;/m0./s1. The summed E-state index contributed by atoms with van der Waals surface area (Å²) in [6, 6.07) is 14.1. The zero-order chi connectivity index (χ0) is 25.1. The number of Topliss-reactive ketones (excluding diaryl/α,β-unsaturated/α-hetero) is 1. The van der Waals surface area contributed by atoms with E-state index >= 15 is 0 Å². The summed E-state index contributed by atoms with van der Waals surface area (Å²) in [5.74, 6) is -0.471. The number of para-hydroxylation sites is 1. The van der Waals surface area contributed by atoms with E-state index in [1.807, 2.05) is 47.8 Å². The summed E-state index contributed by atoms with van der Waals surface area (Å²) in [6.45, 7) is 2.93. The molecule has 0 aliphatic carbocycles. The zero-order valence-corrected chi connectivity index (χ0v) is 21.7. The fourth-order valence-corrected chi connectivity index (χ4v) is 6.89. The third kappa shape index (κ3) is 5.79. The number of methoxy groups -OCH3 is 1. The van der Waals surface area contributed by atoms with Crippen molar-refractivity contribution in [2.75, 3.05) is 38.6 Å². The number of piperidine rings is 3. The van der Waals surface area contributed by atoms with E-state index < -0.39 is 18.0 Å². The second-order valence-corrected chi connectivity index (χ2v) is 11.3. The van der Waals surface area contributed by atoms with Crippen LogP contribution in [0.3, 0.4) is 0 Å². The summed E-state index contributed by atoms with van der Waals surface area (Å²) < 4.78 is 11.8. The van der Waals surface area contributed by atoms with E-state index in [1.54, 1.807) is 11.4 Å². The second kappa shape index (κ2) is 11.6. The minimum Gasteiger partial charge on any atom is -0.465 e. The van der Waals surface area contributed by atoms with Gasteiger partial charge in [-0.05, 0) is 35.0 Å². The van der Waals surface area contributed by atoms with Gasteiger partial charge in [0.2, 0.25) is 5.78 Å². The molecule has 9 heteroatoms. The number of carbonyl (C=O) groups excluding carboxylic acids is 3. The van der Waals surface area contributed by atoms with E-state index in [0.29, 0.717) is 28.0 Å². The minimum absolute atomic E-state index is 0. The van der Waals surface area contributed by atoms with Crippen LogP contribution in [0.25, 0.3) is 0 Å². The Morgan fingerprint density at radius 1 is 1.03 bits per heavy atom. The molecule has 2 bridgehead atoms. The van der Waals surface area contributed by atoms with Crippen LogP contribution < -0.4 is 5.32 Å². The topological polar surface area (TPSA) is 81.7 Å². The number of nitrogens with one attached hydrogen (secondary N) is 1. The molecule has 3 aliphatic rings. The Labute approximate surface area is 225 Å². The minimum atomic E-state index is -0.857. The number of fused-ring (bicyclic) bond motifs is 3. The van der Waals surface area contributed by atoms with Crippen molar-refractivity contribution in [1.82, 2.24) is 0 Å². The Bertz CT molecular complexity index is 1220. The van der Waals surface area contributed by atoms with Gasteiger partial charge >= 0.3 is 11.9 Å². The maximum Gasteiger partial charge on any atom is 0.348 e. The van der Waals surface area contributed by atoms with Crippen LogP contribution in [0.1, 0.15) is 51.2 Å². The van der Waals surface area contributed by atoms with Crippen LogP contribution in [-0.4, -0.2) is 61.6 Å². The third-order valence-corrected chi connectivity index (χ3v) is 9.10. The van der Waals surface area contributed by atoms with Crippen molar-refractivity contribution in [1.29, 1.82) is 0 Å². The molecule has 2 aromatic heterocycles. The van der Waals surface area contributed by atoms with Crippen LogP contribution in [0.15, 0.2) is 59.3 Å². The van der Waals surface area contributed by atoms with E-state index in [4.69, 9.17) is 9.47 Å². The fraction of sp³-hybridized carbons (Fsp3) is 0.393. The van der Waals surface area contributed by atoms with Gasteiger partial charge in [0.1, 0.15) is 18.0 Å². The quantitative estimate of drug-likeness (QED) is 0.221. The van der Waals surface area contributed by atoms with Gasteiger partial charge in [-0.3, -0.25) is 4.79 Å². The van der Waals surface area contributed by atoms with Crippen LogP contribution in [0.5, 0.6) is 0 Å². The summed E-state index contributed by atoms with van der Waals surface area (Å²) in [5.41, 5.74) is 1.29. The van der Waals surface area contributed by atoms with E-state index in [0.717, 1.165) is 36.5 Å². The first-order valence-electron chi connectivity index (χ1n) is 12.1. The molecule has 196 valence electrons. The van der Waals surface area contributed by atoms with Crippen LogP contribution in [0.2, 0.25) is 0 Å². The fourth-order valence-electron chi connectivity index (χ4n) is 5.38. The summed E-state index contributed by atoms with van der Waals surface area (Å²) >= 11 is 2.71. The smallest absolute Gasteiger partial charge is 0.348 e. The van der Waals surface area contributed by atoms with E-state index in [2.05, 4.69) is 5.32 Å². The third-order valence-electron chi connectivity index (χ3n) is 7.28. The van der Waals surface area contributed by atoms with Gasteiger partial charge in [-0.15, -0.1) is 22.7 Å². The molecule has 1 aromatic carbocycles. The molecule has 0 saturated carbocycles. The van der Waals surface area contributed by atoms with Crippen molar-refractivity contribution in [3.8, 4) is 0 Å². The number of ketones is 1. The molecule has 3 aromatic rings. The van der Waals surface area contributed by atoms with Gasteiger partial charge in [0.15, 0.2) is 12.1 Å². The van der Waals surface area contributed by atoms with Crippen LogP contribution in [0, 0.1) is 5.92 Å². The molecular formula is C28H33N2O5S2+. The molecule has 0 amide bonds. The van der Waals surface area contributed by atoms with Gasteiger partial charge in [-0.2, -0.15) is 0 Å². The lowest BCUT2D eigenvalue weighted by molar-refractivity contribution is -0.938. The molecule has 3 aliphatic heterocycles. The van der Waals surface area contributed by atoms with Gasteiger partial charge < -0.3 is 19.3 Å². The van der Waals surface area contributed by atoms with Gasteiger partial charge in [0.25, 0.3) is 0 Å². The predicted octanol–water partition coefficient (Wildman–Crippen LogP) is 5.42. The molecule has 0 unspecified atom stereocenters. The lowest BCUT2D eigenvalue weighted by Gasteiger charge is -2.51. The second-order valence-electron chi connectivity index (χ2n) is 9.48. The average molecular weight is 542 g/mol.